The number of phenols is 1. The molecule has 3 aromatic rings. The molecule has 4 heterocycles. The summed E-state index contributed by atoms with van der Waals surface area (Å²) >= 11 is 0. The number of fused-ring (bicyclic) bond motifs is 3. The number of benzene rings is 1. The minimum absolute atomic E-state index is 0.242. The molecule has 2 aliphatic heterocycles. The van der Waals surface area contributed by atoms with Gasteiger partial charge in [-0.15, -0.1) is 10.2 Å². The lowest BCUT2D eigenvalue weighted by atomic mass is 9.86. The van der Waals surface area contributed by atoms with E-state index in [0.29, 0.717) is 12.1 Å². The van der Waals surface area contributed by atoms with Crippen LogP contribution < -0.4 is 5.32 Å². The molecule has 6 rings (SSSR count). The van der Waals surface area contributed by atoms with Gasteiger partial charge in [0.2, 0.25) is 0 Å². The Kier molecular flexibility index (Phi) is 5.56. The fourth-order valence-corrected chi connectivity index (χ4v) is 6.46. The minimum Gasteiger partial charge on any atom is -0.507 e. The quantitative estimate of drug-likeness (QED) is 0.572. The summed E-state index contributed by atoms with van der Waals surface area (Å²) in [5, 5.41) is 23.8. The molecule has 0 spiro atoms. The Morgan fingerprint density at radius 2 is 1.73 bits per heavy atom. The Morgan fingerprint density at radius 3 is 2.52 bits per heavy atom. The van der Waals surface area contributed by atoms with Gasteiger partial charge in [-0.2, -0.15) is 0 Å². The second-order valence-corrected chi connectivity index (χ2v) is 9.94. The van der Waals surface area contributed by atoms with E-state index in [4.69, 9.17) is 0 Å². The number of aromatic hydroxyl groups is 1. The summed E-state index contributed by atoms with van der Waals surface area (Å²) in [4.78, 5) is 8.99. The third-order valence-electron chi connectivity index (χ3n) is 8.20. The van der Waals surface area contributed by atoms with Crippen molar-refractivity contribution >= 4 is 11.0 Å². The van der Waals surface area contributed by atoms with Crippen molar-refractivity contribution in [2.24, 2.45) is 0 Å². The molecule has 2 fully saturated rings. The predicted octanol–water partition coefficient (Wildman–Crippen LogP) is 3.47. The van der Waals surface area contributed by atoms with E-state index in [1.165, 1.54) is 50.0 Å². The molecule has 0 bridgehead atoms. The molecule has 1 saturated carbocycles. The molecule has 33 heavy (non-hydrogen) atoms. The molecular weight excluding hydrogens is 412 g/mol. The highest BCUT2D eigenvalue weighted by Crippen LogP contribution is 2.40. The Balaban J connectivity index is 1.24. The summed E-state index contributed by atoms with van der Waals surface area (Å²) in [7, 11) is 0. The van der Waals surface area contributed by atoms with Gasteiger partial charge in [-0.25, -0.2) is 0 Å². The van der Waals surface area contributed by atoms with Gasteiger partial charge in [-0.1, -0.05) is 12.1 Å². The number of nitrogens with one attached hydrogen (secondary N) is 2. The smallest absolute Gasteiger partial charge is 0.160 e. The van der Waals surface area contributed by atoms with Crippen LogP contribution >= 0.6 is 0 Å². The average molecular weight is 447 g/mol. The van der Waals surface area contributed by atoms with Gasteiger partial charge < -0.3 is 15.4 Å². The lowest BCUT2D eigenvalue weighted by Gasteiger charge is -2.45. The van der Waals surface area contributed by atoms with E-state index in [1.54, 1.807) is 6.07 Å². The van der Waals surface area contributed by atoms with Crippen LogP contribution in [0.2, 0.25) is 0 Å². The zero-order valence-corrected chi connectivity index (χ0v) is 19.4. The zero-order chi connectivity index (χ0) is 22.4. The Bertz CT molecular complexity index is 1130. The van der Waals surface area contributed by atoms with Gasteiger partial charge >= 0.3 is 0 Å². The van der Waals surface area contributed by atoms with Crippen LogP contribution in [0, 0.1) is 0 Å². The fourth-order valence-electron chi connectivity index (χ4n) is 6.46. The first-order valence-corrected chi connectivity index (χ1v) is 12.6. The molecule has 1 aromatic carbocycles. The van der Waals surface area contributed by atoms with E-state index < -0.39 is 0 Å². The number of H-pyrrole nitrogens is 1. The maximum Gasteiger partial charge on any atom is 0.160 e. The zero-order valence-electron chi connectivity index (χ0n) is 19.4. The van der Waals surface area contributed by atoms with Gasteiger partial charge in [0.1, 0.15) is 5.75 Å². The molecule has 7 nitrogen and oxygen atoms in total. The van der Waals surface area contributed by atoms with Crippen molar-refractivity contribution in [1.29, 1.82) is 0 Å². The first-order valence-electron chi connectivity index (χ1n) is 12.6. The molecular formula is C26H34N6O. The number of aromatic nitrogens is 3. The van der Waals surface area contributed by atoms with Crippen LogP contribution in [0.15, 0.2) is 30.3 Å². The summed E-state index contributed by atoms with van der Waals surface area (Å²) in [6.45, 7) is 8.14. The fraction of sp³-hybridized carbons (Fsp3) is 0.538. The molecule has 1 saturated heterocycles. The lowest BCUT2D eigenvalue weighted by molar-refractivity contribution is 0.0634. The number of piperazine rings is 1. The molecule has 3 aliphatic rings. The van der Waals surface area contributed by atoms with Gasteiger partial charge in [0.15, 0.2) is 5.65 Å². The summed E-state index contributed by atoms with van der Waals surface area (Å²) in [6, 6.07) is 11.2. The second-order valence-electron chi connectivity index (χ2n) is 9.94. The largest absolute Gasteiger partial charge is 0.507 e. The van der Waals surface area contributed by atoms with Crippen LogP contribution in [0.5, 0.6) is 5.75 Å². The Labute approximate surface area is 195 Å². The van der Waals surface area contributed by atoms with Crippen LogP contribution in [0.4, 0.5) is 0 Å². The molecule has 1 atom stereocenters. The highest BCUT2D eigenvalue weighted by molar-refractivity contribution is 5.86. The standard InChI is InChI=1S/C26H34N6O/c1-17-25-21-16-23(20-4-2-3-5-24(20)33)29-30-26(21)28-22(25)10-13-32(17)19-8-6-18(7-9-19)31-14-11-27-12-15-31/h2-5,16-19,27,33H,6-15H2,1H3,(H,28,30)/t17-,18-,19+/m1/s1. The number of hydrogen-bond donors (Lipinski definition) is 3. The number of aromatic amines is 1. The summed E-state index contributed by atoms with van der Waals surface area (Å²) in [6.07, 6.45) is 6.24. The molecule has 174 valence electrons. The molecule has 1 aliphatic carbocycles. The number of hydrogen-bond acceptors (Lipinski definition) is 6. The van der Waals surface area contributed by atoms with Crippen molar-refractivity contribution in [3.8, 4) is 17.0 Å². The van der Waals surface area contributed by atoms with Crippen LogP contribution in [0.25, 0.3) is 22.3 Å². The Hall–Kier alpha value is -2.48. The van der Waals surface area contributed by atoms with E-state index in [-0.39, 0.29) is 5.75 Å². The maximum absolute atomic E-state index is 10.3. The first kappa shape index (κ1) is 21.1. The topological polar surface area (TPSA) is 80.3 Å². The summed E-state index contributed by atoms with van der Waals surface area (Å²) in [5.74, 6) is 0.242. The van der Waals surface area contributed by atoms with Crippen molar-refractivity contribution in [3.05, 3.63) is 41.6 Å². The lowest BCUT2D eigenvalue weighted by Crippen LogP contribution is -2.51. The van der Waals surface area contributed by atoms with Crippen LogP contribution in [-0.2, 0) is 6.42 Å². The van der Waals surface area contributed by atoms with Crippen LogP contribution in [0.3, 0.4) is 0 Å². The van der Waals surface area contributed by atoms with E-state index in [2.05, 4.69) is 43.3 Å². The molecule has 0 unspecified atom stereocenters. The minimum atomic E-state index is 0.242. The van der Waals surface area contributed by atoms with E-state index >= 15 is 0 Å². The van der Waals surface area contributed by atoms with Gasteiger partial charge in [0.05, 0.1) is 5.69 Å². The van der Waals surface area contributed by atoms with Gasteiger partial charge in [-0.3, -0.25) is 9.80 Å². The van der Waals surface area contributed by atoms with Crippen molar-refractivity contribution < 1.29 is 5.11 Å². The highest BCUT2D eigenvalue weighted by atomic mass is 16.3. The monoisotopic (exact) mass is 446 g/mol. The first-order chi connectivity index (χ1) is 16.2. The normalized spacial score (nSPS) is 27.0. The Morgan fingerprint density at radius 1 is 0.970 bits per heavy atom. The van der Waals surface area contributed by atoms with Crippen molar-refractivity contribution in [3.63, 3.8) is 0 Å². The highest BCUT2D eigenvalue weighted by Gasteiger charge is 2.35. The van der Waals surface area contributed by atoms with Crippen molar-refractivity contribution in [1.82, 2.24) is 30.3 Å². The van der Waals surface area contributed by atoms with Crippen LogP contribution in [-0.4, -0.2) is 74.9 Å². The molecule has 0 amide bonds. The number of phenolic OH excluding ortho intramolecular Hbond substituents is 1. The number of para-hydroxylation sites is 1. The van der Waals surface area contributed by atoms with Crippen molar-refractivity contribution in [2.75, 3.05) is 32.7 Å². The van der Waals surface area contributed by atoms with Crippen LogP contribution in [0.1, 0.15) is 49.9 Å². The predicted molar refractivity (Wildman–Crippen MR) is 130 cm³/mol. The second kappa shape index (κ2) is 8.70. The van der Waals surface area contributed by atoms with E-state index in [1.807, 2.05) is 18.2 Å². The molecule has 7 heteroatoms. The number of nitrogens with zero attached hydrogens (tertiary/aromatic N) is 4. The summed E-state index contributed by atoms with van der Waals surface area (Å²) in [5.41, 5.74) is 4.98. The third kappa shape index (κ3) is 3.82. The number of rotatable bonds is 3. The third-order valence-corrected chi connectivity index (χ3v) is 8.20. The van der Waals surface area contributed by atoms with E-state index in [9.17, 15) is 5.11 Å². The molecule has 2 aromatic heterocycles. The van der Waals surface area contributed by atoms with Gasteiger partial charge in [0, 0.05) is 73.9 Å². The maximum atomic E-state index is 10.3. The molecule has 0 radical (unpaired) electrons. The van der Waals surface area contributed by atoms with E-state index in [0.717, 1.165) is 54.4 Å². The van der Waals surface area contributed by atoms with Gasteiger partial charge in [-0.05, 0) is 56.4 Å². The molecule has 3 N–H and O–H groups in total. The van der Waals surface area contributed by atoms with Crippen molar-refractivity contribution in [2.45, 2.75) is 57.2 Å². The van der Waals surface area contributed by atoms with Gasteiger partial charge in [0.25, 0.3) is 0 Å². The SMILES string of the molecule is C[C@@H]1c2c([nH]c3nnc(-c4ccccc4O)cc23)CCN1[C@H]1CC[C@@H](N2CCNCC2)CC1. The average Bonchev–Trinajstić information content (AvgIpc) is 3.24. The summed E-state index contributed by atoms with van der Waals surface area (Å²) < 4.78 is 0.